The summed E-state index contributed by atoms with van der Waals surface area (Å²) in [5, 5.41) is 3.36. The lowest BCUT2D eigenvalue weighted by Gasteiger charge is -2.19. The molecular formula is C39H44FN3O6. The number of para-hydroxylation sites is 2. The van der Waals surface area contributed by atoms with Crippen LogP contribution in [0, 0.1) is 12.7 Å². The number of ether oxygens (including phenoxy) is 1. The maximum Gasteiger partial charge on any atom is 0.255 e. The number of furan rings is 1. The maximum absolute atomic E-state index is 13.7. The van der Waals surface area contributed by atoms with Gasteiger partial charge in [0.05, 0.1) is 18.2 Å². The third-order valence-corrected chi connectivity index (χ3v) is 7.16. The average Bonchev–Trinajstić information content (AvgIpc) is 3.76. The Morgan fingerprint density at radius 1 is 0.837 bits per heavy atom. The fraction of sp³-hybridized carbons (Fsp3) is 0.231. The van der Waals surface area contributed by atoms with E-state index >= 15 is 0 Å². The predicted molar refractivity (Wildman–Crippen MR) is 196 cm³/mol. The number of aromatic nitrogens is 1. The van der Waals surface area contributed by atoms with Crippen LogP contribution in [0.2, 0.25) is 0 Å². The second kappa shape index (κ2) is 18.5. The Labute approximate surface area is 286 Å². The van der Waals surface area contributed by atoms with Crippen LogP contribution in [0.15, 0.2) is 81.6 Å². The minimum atomic E-state index is -0.367. The number of oxazole rings is 1. The van der Waals surface area contributed by atoms with Crippen LogP contribution in [0.3, 0.4) is 0 Å². The standard InChI is InChI=1S/C33H28FN3O4.2C2H6.2CH2O/c1-18-14-20(15-24(30(18)39-5)33-36-25-8-6-7-9-27(25)41-33)22-16-23-28(17-26(22)37(3)4)40-31(29(23)32(38)35-2)19-10-12-21(34)13-11-19;4*1-2/h6-17H,1-5H3,(H,35,38);2*1-2H3;2*1H2. The Kier molecular flexibility index (Phi) is 14.9. The highest BCUT2D eigenvalue weighted by atomic mass is 19.1. The normalized spacial score (nSPS) is 9.84. The molecule has 9 nitrogen and oxygen atoms in total. The Morgan fingerprint density at radius 3 is 2.04 bits per heavy atom. The molecule has 0 atom stereocenters. The van der Waals surface area contributed by atoms with Crippen LogP contribution >= 0.6 is 0 Å². The number of hydrogen-bond donors (Lipinski definition) is 1. The zero-order chi connectivity index (χ0) is 36.8. The lowest BCUT2D eigenvalue weighted by Crippen LogP contribution is -2.18. The molecule has 0 bridgehead atoms. The highest BCUT2D eigenvalue weighted by Crippen LogP contribution is 2.44. The van der Waals surface area contributed by atoms with Gasteiger partial charge in [0, 0.05) is 49.4 Å². The van der Waals surface area contributed by atoms with Crippen molar-refractivity contribution in [3.05, 3.63) is 89.7 Å². The van der Waals surface area contributed by atoms with Crippen LogP contribution in [0.25, 0.3) is 56.0 Å². The van der Waals surface area contributed by atoms with E-state index in [0.717, 1.165) is 27.9 Å². The van der Waals surface area contributed by atoms with Gasteiger partial charge in [0.25, 0.3) is 5.91 Å². The molecule has 1 amide bonds. The zero-order valence-corrected chi connectivity index (χ0v) is 29.6. The monoisotopic (exact) mass is 669 g/mol. The molecule has 1 N–H and O–H groups in total. The Morgan fingerprint density at radius 2 is 1.47 bits per heavy atom. The third kappa shape index (κ3) is 8.21. The molecule has 0 fully saturated rings. The van der Waals surface area contributed by atoms with E-state index in [-0.39, 0.29) is 11.7 Å². The number of rotatable bonds is 6. The number of carbonyl (C=O) groups excluding carboxylic acids is 3. The molecular weight excluding hydrogens is 625 g/mol. The first-order valence-corrected chi connectivity index (χ1v) is 15.7. The Balaban J connectivity index is 0.000000973. The molecule has 0 unspecified atom stereocenters. The topological polar surface area (TPSA) is 115 Å². The summed E-state index contributed by atoms with van der Waals surface area (Å²) in [6.07, 6.45) is 0. The second-order valence-corrected chi connectivity index (χ2v) is 10.0. The summed E-state index contributed by atoms with van der Waals surface area (Å²) in [5.74, 6) is 0.825. The molecule has 0 aliphatic heterocycles. The SMILES string of the molecule is C=O.C=O.CC.CC.CNC(=O)c1c(-c2ccc(F)cc2)oc2cc(N(C)C)c(-c3cc(C)c(OC)c(-c4nc5ccccc5o4)c3)cc12. The van der Waals surface area contributed by atoms with E-state index in [1.807, 2.05) is 116 Å². The summed E-state index contributed by atoms with van der Waals surface area (Å²) < 4.78 is 31.8. The summed E-state index contributed by atoms with van der Waals surface area (Å²) in [5.41, 5.74) is 7.23. The number of halogens is 1. The van der Waals surface area contributed by atoms with Crippen LogP contribution in [0.4, 0.5) is 10.1 Å². The summed E-state index contributed by atoms with van der Waals surface area (Å²) in [7, 11) is 7.10. The van der Waals surface area contributed by atoms with Crippen LogP contribution in [-0.2, 0) is 9.59 Å². The van der Waals surface area contributed by atoms with Crippen LogP contribution in [-0.4, -0.2) is 52.7 Å². The number of methoxy groups -OCH3 is 1. The van der Waals surface area contributed by atoms with Crippen molar-refractivity contribution in [1.82, 2.24) is 10.3 Å². The van der Waals surface area contributed by atoms with Crippen LogP contribution in [0.1, 0.15) is 43.6 Å². The van der Waals surface area contributed by atoms with Crippen molar-refractivity contribution >= 4 is 47.2 Å². The number of amides is 1. The number of aryl methyl sites for hydroxylation is 1. The first-order valence-electron chi connectivity index (χ1n) is 15.7. The number of nitrogens with one attached hydrogen (secondary N) is 1. The molecule has 0 saturated heterocycles. The van der Waals surface area contributed by atoms with E-state index in [4.69, 9.17) is 28.1 Å². The van der Waals surface area contributed by atoms with Gasteiger partial charge in [-0.2, -0.15) is 0 Å². The van der Waals surface area contributed by atoms with E-state index < -0.39 is 0 Å². The minimum Gasteiger partial charge on any atom is -0.496 e. The van der Waals surface area contributed by atoms with Crippen molar-refractivity contribution in [3.63, 3.8) is 0 Å². The fourth-order valence-electron chi connectivity index (χ4n) is 5.24. The molecule has 6 aromatic rings. The van der Waals surface area contributed by atoms with Crippen molar-refractivity contribution < 1.29 is 32.3 Å². The Hall–Kier alpha value is -5.77. The quantitative estimate of drug-likeness (QED) is 0.187. The molecule has 258 valence electrons. The number of benzene rings is 4. The predicted octanol–water partition coefficient (Wildman–Crippen LogP) is 9.14. The van der Waals surface area contributed by atoms with Gasteiger partial charge in [-0.25, -0.2) is 9.37 Å². The van der Waals surface area contributed by atoms with Gasteiger partial charge in [0.15, 0.2) is 5.58 Å². The summed E-state index contributed by atoms with van der Waals surface area (Å²) in [6.45, 7) is 14.0. The molecule has 10 heteroatoms. The molecule has 0 saturated carbocycles. The van der Waals surface area contributed by atoms with Gasteiger partial charge in [-0.1, -0.05) is 39.8 Å². The van der Waals surface area contributed by atoms with Gasteiger partial charge in [-0.3, -0.25) is 4.79 Å². The first kappa shape index (κ1) is 39.4. The molecule has 4 aromatic carbocycles. The highest BCUT2D eigenvalue weighted by molar-refractivity contribution is 6.13. The van der Waals surface area contributed by atoms with Gasteiger partial charge in [0.2, 0.25) is 5.89 Å². The molecule has 49 heavy (non-hydrogen) atoms. The van der Waals surface area contributed by atoms with Gasteiger partial charge in [-0.05, 0) is 72.6 Å². The van der Waals surface area contributed by atoms with Crippen molar-refractivity contribution in [3.8, 4) is 39.7 Å². The lowest BCUT2D eigenvalue weighted by atomic mass is 9.95. The Bertz CT molecular complexity index is 1940. The summed E-state index contributed by atoms with van der Waals surface area (Å²) in [6, 6.07) is 21.4. The van der Waals surface area contributed by atoms with Crippen molar-refractivity contribution in [2.75, 3.05) is 33.2 Å². The molecule has 2 heterocycles. The molecule has 0 spiro atoms. The number of anilines is 1. The number of fused-ring (bicyclic) bond motifs is 2. The molecule has 0 aliphatic rings. The van der Waals surface area contributed by atoms with E-state index in [9.17, 15) is 9.18 Å². The third-order valence-electron chi connectivity index (χ3n) is 7.16. The van der Waals surface area contributed by atoms with E-state index in [1.54, 1.807) is 26.3 Å². The summed E-state index contributed by atoms with van der Waals surface area (Å²) >= 11 is 0. The minimum absolute atomic E-state index is 0.301. The fourth-order valence-corrected chi connectivity index (χ4v) is 5.24. The van der Waals surface area contributed by atoms with Gasteiger partial charge >= 0.3 is 0 Å². The first-order chi connectivity index (χ1) is 23.8. The number of hydrogen-bond acceptors (Lipinski definition) is 8. The van der Waals surface area contributed by atoms with Crippen LogP contribution in [0.5, 0.6) is 5.75 Å². The highest BCUT2D eigenvalue weighted by Gasteiger charge is 2.25. The smallest absolute Gasteiger partial charge is 0.255 e. The number of nitrogens with zero attached hydrogens (tertiary/aromatic N) is 2. The van der Waals surface area contributed by atoms with Gasteiger partial charge < -0.3 is 33.4 Å². The van der Waals surface area contributed by atoms with Crippen molar-refractivity contribution in [2.24, 2.45) is 0 Å². The second-order valence-electron chi connectivity index (χ2n) is 10.0. The number of carbonyl (C=O) groups is 3. The molecule has 6 rings (SSSR count). The van der Waals surface area contributed by atoms with E-state index in [1.165, 1.54) is 12.1 Å². The van der Waals surface area contributed by atoms with Crippen molar-refractivity contribution in [1.29, 1.82) is 0 Å². The zero-order valence-electron chi connectivity index (χ0n) is 29.6. The van der Waals surface area contributed by atoms with Gasteiger partial charge in [0.1, 0.15) is 42.0 Å². The largest absolute Gasteiger partial charge is 0.496 e. The molecule has 0 aliphatic carbocycles. The molecule has 2 aromatic heterocycles. The average molecular weight is 670 g/mol. The van der Waals surface area contributed by atoms with E-state index in [2.05, 4.69) is 5.32 Å². The lowest BCUT2D eigenvalue weighted by molar-refractivity contribution is -0.0987. The molecule has 0 radical (unpaired) electrons. The van der Waals surface area contributed by atoms with Crippen molar-refractivity contribution in [2.45, 2.75) is 34.6 Å². The van der Waals surface area contributed by atoms with Crippen LogP contribution < -0.4 is 15.0 Å². The maximum atomic E-state index is 13.7. The summed E-state index contributed by atoms with van der Waals surface area (Å²) in [4.78, 5) is 35.9. The van der Waals surface area contributed by atoms with E-state index in [0.29, 0.717) is 50.6 Å². The van der Waals surface area contributed by atoms with Gasteiger partial charge in [-0.15, -0.1) is 0 Å².